The molecule has 2 aromatic rings. The quantitative estimate of drug-likeness (QED) is 0.636. The number of fused-ring (bicyclic) bond motifs is 7. The summed E-state index contributed by atoms with van der Waals surface area (Å²) in [6.45, 7) is 8.75. The molecule has 3 nitrogen and oxygen atoms in total. The summed E-state index contributed by atoms with van der Waals surface area (Å²) < 4.78 is 2.39. The van der Waals surface area contributed by atoms with Crippen LogP contribution in [0, 0.1) is 0 Å². The van der Waals surface area contributed by atoms with E-state index >= 15 is 0 Å². The van der Waals surface area contributed by atoms with E-state index in [1.807, 2.05) is 6.07 Å². The molecule has 1 N–H and O–H groups in total. The van der Waals surface area contributed by atoms with Crippen molar-refractivity contribution in [3.05, 3.63) is 107 Å². The number of aliphatic hydroxyl groups is 1. The zero-order valence-corrected chi connectivity index (χ0v) is 21.8. The number of benzene rings is 1. The van der Waals surface area contributed by atoms with Crippen molar-refractivity contribution in [2.75, 3.05) is 0 Å². The highest BCUT2D eigenvalue weighted by Gasteiger charge is 2.22. The lowest BCUT2D eigenvalue weighted by atomic mass is 10.0. The minimum atomic E-state index is 0.790. The highest BCUT2D eigenvalue weighted by Crippen LogP contribution is 2.34. The van der Waals surface area contributed by atoms with Gasteiger partial charge in [-0.05, 0) is 119 Å². The largest absolute Gasteiger partial charge is 0.515 e. The molecule has 1 aromatic carbocycles. The van der Waals surface area contributed by atoms with Gasteiger partial charge < -0.3 is 5.11 Å². The van der Waals surface area contributed by atoms with Crippen molar-refractivity contribution in [1.29, 1.82) is 0 Å². The minimum absolute atomic E-state index is 0.790. The Kier molecular flexibility index (Phi) is 5.50. The molecule has 8 bridgehead atoms. The second-order valence-corrected chi connectivity index (χ2v) is 10.6. The van der Waals surface area contributed by atoms with Gasteiger partial charge in [0.15, 0.2) is 0 Å². The Morgan fingerprint density at radius 2 is 1.39 bits per heavy atom. The van der Waals surface area contributed by atoms with Gasteiger partial charge >= 0.3 is 0 Å². The summed E-state index contributed by atoms with van der Waals surface area (Å²) in [4.78, 5) is 10.2. The summed E-state index contributed by atoms with van der Waals surface area (Å²) in [5, 5.41) is 11.6. The highest BCUT2D eigenvalue weighted by molar-refractivity contribution is 7.08. The lowest BCUT2D eigenvalue weighted by Gasteiger charge is -2.04. The molecule has 1 aliphatic carbocycles. The van der Waals surface area contributed by atoms with Crippen LogP contribution in [-0.2, 0) is 0 Å². The van der Waals surface area contributed by atoms with Crippen LogP contribution in [0.4, 0.5) is 0 Å². The van der Waals surface area contributed by atoms with Crippen LogP contribution < -0.4 is 19.5 Å². The fourth-order valence-corrected chi connectivity index (χ4v) is 6.34. The van der Waals surface area contributed by atoms with Gasteiger partial charge in [-0.2, -0.15) is 0 Å². The maximum atomic E-state index is 9.70. The fraction of sp³-hybridized carbons (Fsp3) is 0.188. The molecular weight excluding hydrogens is 460 g/mol. The van der Waals surface area contributed by atoms with E-state index in [0.29, 0.717) is 0 Å². The molecule has 0 fully saturated rings. The smallest absolute Gasteiger partial charge is 0.0864 e. The number of hydrogen-bond donors (Lipinski definition) is 1. The predicted octanol–water partition coefficient (Wildman–Crippen LogP) is 5.00. The lowest BCUT2D eigenvalue weighted by molar-refractivity contribution is 0.540. The third-order valence-electron chi connectivity index (χ3n) is 7.40. The first-order valence-electron chi connectivity index (χ1n) is 12.5. The molecule has 0 unspecified atom stereocenters. The lowest BCUT2D eigenvalue weighted by Crippen LogP contribution is -2.13. The van der Waals surface area contributed by atoms with Gasteiger partial charge in [0, 0.05) is 14.3 Å². The Bertz CT molecular complexity index is 1810. The molecule has 0 amide bonds. The van der Waals surface area contributed by atoms with Gasteiger partial charge in [-0.25, -0.2) is 9.98 Å². The molecular formula is C32H28N2OS. The molecule has 0 spiro atoms. The molecule has 4 aliphatic rings. The summed E-state index contributed by atoms with van der Waals surface area (Å²) >= 11 is 1.77. The summed E-state index contributed by atoms with van der Waals surface area (Å²) in [5.41, 5.74) is 12.5. The van der Waals surface area contributed by atoms with Gasteiger partial charge in [-0.3, -0.25) is 0 Å². The molecule has 36 heavy (non-hydrogen) atoms. The fourth-order valence-electron chi connectivity index (χ4n) is 5.45. The van der Waals surface area contributed by atoms with E-state index in [-0.39, 0.29) is 0 Å². The highest BCUT2D eigenvalue weighted by atomic mass is 32.1. The number of aliphatic imine (C=N–C) groups is 2. The van der Waals surface area contributed by atoms with Crippen molar-refractivity contribution in [3.8, 4) is 0 Å². The Morgan fingerprint density at radius 1 is 0.778 bits per heavy atom. The van der Waals surface area contributed by atoms with Crippen molar-refractivity contribution in [1.82, 2.24) is 0 Å². The Hall–Kier alpha value is -3.76. The summed E-state index contributed by atoms with van der Waals surface area (Å²) in [5.74, 6) is 0. The third kappa shape index (κ3) is 3.64. The van der Waals surface area contributed by atoms with Crippen LogP contribution in [0.5, 0.6) is 0 Å². The van der Waals surface area contributed by atoms with E-state index in [0.717, 1.165) is 62.8 Å². The molecule has 1 aromatic heterocycles. The number of hydrogen-bond acceptors (Lipinski definition) is 4. The van der Waals surface area contributed by atoms with Gasteiger partial charge in [0.2, 0.25) is 0 Å². The van der Waals surface area contributed by atoms with Gasteiger partial charge in [0.05, 0.1) is 29.1 Å². The van der Waals surface area contributed by atoms with Crippen LogP contribution in [0.2, 0.25) is 0 Å². The average Bonchev–Trinajstić information content (AvgIpc) is 3.61. The Balaban J connectivity index is 1.69. The number of allylic oxidation sites excluding steroid dienone is 8. The molecule has 0 radical (unpaired) electrons. The molecule has 0 atom stereocenters. The van der Waals surface area contributed by atoms with Gasteiger partial charge in [0.25, 0.3) is 0 Å². The van der Waals surface area contributed by atoms with E-state index in [1.54, 1.807) is 11.3 Å². The van der Waals surface area contributed by atoms with Crippen molar-refractivity contribution >= 4 is 52.3 Å². The average molecular weight is 489 g/mol. The summed E-state index contributed by atoms with van der Waals surface area (Å²) in [6.07, 6.45) is 14.1. The third-order valence-corrected chi connectivity index (χ3v) is 8.38. The van der Waals surface area contributed by atoms with Crippen LogP contribution in [-0.4, -0.2) is 16.5 Å². The molecule has 178 valence electrons. The zero-order chi connectivity index (χ0) is 25.0. The first-order valence-corrected chi connectivity index (χ1v) is 13.3. The Labute approximate surface area is 215 Å². The van der Waals surface area contributed by atoms with Crippen LogP contribution in [0.25, 0.3) is 29.6 Å². The van der Waals surface area contributed by atoms with Gasteiger partial charge in [-0.15, -0.1) is 11.3 Å². The van der Waals surface area contributed by atoms with Crippen LogP contribution in [0.3, 0.4) is 0 Å². The second kappa shape index (κ2) is 8.72. The molecule has 0 saturated carbocycles. The number of thiophene rings is 1. The van der Waals surface area contributed by atoms with E-state index < -0.39 is 0 Å². The normalized spacial score (nSPS) is 18.9. The summed E-state index contributed by atoms with van der Waals surface area (Å²) in [6, 6.07) is 10.5. The molecule has 4 heteroatoms. The first-order chi connectivity index (χ1) is 17.5. The first kappa shape index (κ1) is 22.7. The maximum Gasteiger partial charge on any atom is 0.0864 e. The van der Waals surface area contributed by atoms with E-state index in [2.05, 4.69) is 82.3 Å². The second-order valence-electron chi connectivity index (χ2n) is 9.49. The maximum absolute atomic E-state index is 9.70. The topological polar surface area (TPSA) is 45.0 Å². The predicted molar refractivity (Wildman–Crippen MR) is 154 cm³/mol. The standard InChI is InChI=1S/C32H28N2OS/c1-5-25-18(3)29-15-23-8-9-24(36-23)16-30-19(4)26(6-2)32(34-30)14-22-12-21(13-31(25)33-29)27-10-7-20(17-35)11-28(22)27/h7-17,35H,5-6H2,1-4H3/b20-17-,23-15?,24-16?,31-13?,32-14?. The van der Waals surface area contributed by atoms with Crippen LogP contribution in [0.15, 0.2) is 92.2 Å². The minimum Gasteiger partial charge on any atom is -0.515 e. The van der Waals surface area contributed by atoms with Crippen molar-refractivity contribution in [2.24, 2.45) is 9.98 Å². The van der Waals surface area contributed by atoms with E-state index in [9.17, 15) is 5.11 Å². The summed E-state index contributed by atoms with van der Waals surface area (Å²) in [7, 11) is 0. The van der Waals surface area contributed by atoms with Crippen molar-refractivity contribution < 1.29 is 5.11 Å². The van der Waals surface area contributed by atoms with E-state index in [1.165, 1.54) is 37.6 Å². The van der Waals surface area contributed by atoms with Gasteiger partial charge in [-0.1, -0.05) is 26.0 Å². The molecule has 3 aliphatic heterocycles. The SMILES string of the molecule is CCC1=C(C)C2=NC1=CC1=CC(=c3cc/c(=C/O)cc31)C=C1N=C(C=c3ccc(s3)=C2)C(C)=C1CC. The van der Waals surface area contributed by atoms with E-state index in [4.69, 9.17) is 9.98 Å². The zero-order valence-electron chi connectivity index (χ0n) is 21.0. The monoisotopic (exact) mass is 488 g/mol. The Morgan fingerprint density at radius 3 is 1.97 bits per heavy atom. The molecule has 4 heterocycles. The van der Waals surface area contributed by atoms with Crippen LogP contribution >= 0.6 is 11.3 Å². The number of rotatable bonds is 2. The molecule has 0 saturated heterocycles. The van der Waals surface area contributed by atoms with Crippen LogP contribution in [0.1, 0.15) is 46.1 Å². The number of nitrogens with zero attached hydrogens (tertiary/aromatic N) is 2. The molecule has 6 rings (SSSR count). The van der Waals surface area contributed by atoms with Gasteiger partial charge in [0.1, 0.15) is 0 Å². The van der Waals surface area contributed by atoms with Crippen molar-refractivity contribution in [2.45, 2.75) is 40.5 Å². The van der Waals surface area contributed by atoms with Crippen molar-refractivity contribution in [3.63, 3.8) is 0 Å². The number of aliphatic hydroxyl groups excluding tert-OH is 1.